The van der Waals surface area contributed by atoms with Gasteiger partial charge in [0.05, 0.1) is 11.5 Å². The van der Waals surface area contributed by atoms with Crippen molar-refractivity contribution in [1.29, 1.82) is 0 Å². The highest BCUT2D eigenvalue weighted by Gasteiger charge is 2.39. The molecule has 5 nitrogen and oxygen atoms in total. The molecule has 1 aromatic carbocycles. The molecule has 0 fully saturated rings. The van der Waals surface area contributed by atoms with Gasteiger partial charge in [0.2, 0.25) is 0 Å². The van der Waals surface area contributed by atoms with Gasteiger partial charge in [-0.1, -0.05) is 12.1 Å². The Morgan fingerprint density at radius 2 is 1.81 bits per heavy atom. The summed E-state index contributed by atoms with van der Waals surface area (Å²) < 4.78 is 29.8. The average molecular weight is 377 g/mol. The molecule has 21 heavy (non-hydrogen) atoms. The fourth-order valence-electron chi connectivity index (χ4n) is 1.55. The number of halogens is 1. The predicted octanol–water partition coefficient (Wildman–Crippen LogP) is 2.38. The average Bonchev–Trinajstić information content (AvgIpc) is 2.38. The molecule has 7 heteroatoms. The lowest BCUT2D eigenvalue weighted by Crippen LogP contribution is -2.38. The molecule has 0 aliphatic rings. The molecule has 0 spiro atoms. The van der Waals surface area contributed by atoms with Crippen LogP contribution >= 0.6 is 15.9 Å². The summed E-state index contributed by atoms with van der Waals surface area (Å²) in [6, 6.07) is 6.23. The Bertz CT molecular complexity index is 649. The maximum atomic E-state index is 12.3. The van der Waals surface area contributed by atoms with Crippen LogP contribution in [0.15, 0.2) is 33.6 Å². The van der Waals surface area contributed by atoms with E-state index >= 15 is 0 Å². The minimum Gasteiger partial charge on any atom is -0.465 e. The molecule has 0 aromatic heterocycles. The van der Waals surface area contributed by atoms with Gasteiger partial charge in [0, 0.05) is 4.47 Å². The third kappa shape index (κ3) is 4.14. The first-order valence-corrected chi connectivity index (χ1v) is 8.75. The van der Waals surface area contributed by atoms with Gasteiger partial charge in [-0.2, -0.15) is 0 Å². The molecule has 0 N–H and O–H groups in total. The van der Waals surface area contributed by atoms with Crippen LogP contribution in [0.2, 0.25) is 0 Å². The van der Waals surface area contributed by atoms with Gasteiger partial charge >= 0.3 is 5.97 Å². The minimum atomic E-state index is -3.83. The van der Waals surface area contributed by atoms with Gasteiger partial charge in [0.25, 0.3) is 0 Å². The van der Waals surface area contributed by atoms with Crippen LogP contribution in [0.1, 0.15) is 20.8 Å². The van der Waals surface area contributed by atoms with Crippen LogP contribution in [-0.2, 0) is 24.2 Å². The molecule has 0 bridgehead atoms. The van der Waals surface area contributed by atoms with E-state index in [0.29, 0.717) is 4.47 Å². The van der Waals surface area contributed by atoms with Crippen molar-refractivity contribution < 1.29 is 22.7 Å². The molecule has 0 amide bonds. The standard InChI is InChI=1S/C14H17BrO5S/c1-4-20-13(17)14(2,3)12(16)9-21(18,19)11-8-6-5-7-10(11)15/h5-8H,4,9H2,1-3H3. The lowest BCUT2D eigenvalue weighted by Gasteiger charge is -2.20. The maximum Gasteiger partial charge on any atom is 0.319 e. The lowest BCUT2D eigenvalue weighted by atomic mass is 9.89. The van der Waals surface area contributed by atoms with Crippen LogP contribution in [0.25, 0.3) is 0 Å². The topological polar surface area (TPSA) is 77.5 Å². The first kappa shape index (κ1) is 17.8. The Kier molecular flexibility index (Phi) is 5.69. The largest absolute Gasteiger partial charge is 0.465 e. The summed E-state index contributed by atoms with van der Waals surface area (Å²) in [5.41, 5.74) is -1.50. The van der Waals surface area contributed by atoms with Gasteiger partial charge < -0.3 is 4.74 Å². The van der Waals surface area contributed by atoms with Crippen LogP contribution in [-0.4, -0.2) is 32.5 Å². The van der Waals surface area contributed by atoms with Crippen molar-refractivity contribution in [2.24, 2.45) is 5.41 Å². The zero-order chi connectivity index (χ0) is 16.3. The number of ketones is 1. The SMILES string of the molecule is CCOC(=O)C(C)(C)C(=O)CS(=O)(=O)c1ccccc1Br. The second-order valence-electron chi connectivity index (χ2n) is 4.96. The molecule has 0 saturated carbocycles. The van der Waals surface area contributed by atoms with Gasteiger partial charge in [-0.15, -0.1) is 0 Å². The highest BCUT2D eigenvalue weighted by Crippen LogP contribution is 2.26. The van der Waals surface area contributed by atoms with Crippen LogP contribution in [0.5, 0.6) is 0 Å². The smallest absolute Gasteiger partial charge is 0.319 e. The van der Waals surface area contributed by atoms with Crippen LogP contribution in [0.3, 0.4) is 0 Å². The minimum absolute atomic E-state index is 0.0259. The highest BCUT2D eigenvalue weighted by atomic mass is 79.9. The van der Waals surface area contributed by atoms with Crippen molar-refractivity contribution in [3.8, 4) is 0 Å². The second kappa shape index (κ2) is 6.70. The molecule has 1 rings (SSSR count). The molecule has 0 aliphatic heterocycles. The van der Waals surface area contributed by atoms with Gasteiger partial charge in [0.15, 0.2) is 15.6 Å². The third-order valence-corrected chi connectivity index (χ3v) is 5.60. The number of carbonyl (C=O) groups excluding carboxylic acids is 2. The van der Waals surface area contributed by atoms with Crippen LogP contribution in [0, 0.1) is 5.41 Å². The van der Waals surface area contributed by atoms with E-state index in [9.17, 15) is 18.0 Å². The molecular formula is C14H17BrO5S. The van der Waals surface area contributed by atoms with Crippen molar-refractivity contribution in [3.05, 3.63) is 28.7 Å². The summed E-state index contributed by atoms with van der Waals surface area (Å²) in [6.07, 6.45) is 0. The zero-order valence-corrected chi connectivity index (χ0v) is 14.5. The van der Waals surface area contributed by atoms with E-state index in [0.717, 1.165) is 0 Å². The summed E-state index contributed by atoms with van der Waals surface area (Å²) in [7, 11) is -3.83. The number of Topliss-reactive ketones (excluding diaryl/α,β-unsaturated/α-hetero) is 1. The van der Waals surface area contributed by atoms with Crippen LogP contribution < -0.4 is 0 Å². The van der Waals surface area contributed by atoms with Gasteiger partial charge in [0.1, 0.15) is 11.2 Å². The van der Waals surface area contributed by atoms with E-state index in [2.05, 4.69) is 15.9 Å². The molecule has 0 atom stereocenters. The number of hydrogen-bond donors (Lipinski definition) is 0. The maximum absolute atomic E-state index is 12.3. The highest BCUT2D eigenvalue weighted by molar-refractivity contribution is 9.10. The lowest BCUT2D eigenvalue weighted by molar-refractivity contribution is -0.157. The Morgan fingerprint density at radius 1 is 1.24 bits per heavy atom. The monoisotopic (exact) mass is 376 g/mol. The Labute approximate surface area is 132 Å². The quantitative estimate of drug-likeness (QED) is 0.562. The first-order chi connectivity index (χ1) is 9.63. The van der Waals surface area contributed by atoms with E-state index < -0.39 is 32.8 Å². The fraction of sp³-hybridized carbons (Fsp3) is 0.429. The third-order valence-electron chi connectivity index (χ3n) is 2.98. The van der Waals surface area contributed by atoms with Crippen molar-refractivity contribution in [3.63, 3.8) is 0 Å². The van der Waals surface area contributed by atoms with E-state index in [1.807, 2.05) is 0 Å². The molecule has 116 valence electrons. The van der Waals surface area contributed by atoms with Crippen molar-refractivity contribution in [2.45, 2.75) is 25.7 Å². The summed E-state index contributed by atoms with van der Waals surface area (Å²) >= 11 is 3.14. The molecule has 0 aliphatic carbocycles. The van der Waals surface area contributed by atoms with Crippen molar-refractivity contribution in [1.82, 2.24) is 0 Å². The molecule has 0 saturated heterocycles. The number of esters is 1. The fourth-order valence-corrected chi connectivity index (χ4v) is 4.09. The molecule has 0 unspecified atom stereocenters. The predicted molar refractivity (Wildman–Crippen MR) is 81.6 cm³/mol. The van der Waals surface area contributed by atoms with E-state index in [1.165, 1.54) is 19.9 Å². The summed E-state index contributed by atoms with van der Waals surface area (Å²) in [5, 5.41) is 0. The second-order valence-corrected chi connectivity index (χ2v) is 7.77. The van der Waals surface area contributed by atoms with Crippen molar-refractivity contribution >= 4 is 37.5 Å². The summed E-state index contributed by atoms with van der Waals surface area (Å²) in [5.74, 6) is -2.17. The number of hydrogen-bond acceptors (Lipinski definition) is 5. The Balaban J connectivity index is 3.02. The first-order valence-electron chi connectivity index (χ1n) is 6.30. The normalized spacial score (nSPS) is 12.0. The number of rotatable bonds is 6. The van der Waals surface area contributed by atoms with E-state index in [4.69, 9.17) is 4.74 Å². The molecule has 0 heterocycles. The van der Waals surface area contributed by atoms with Gasteiger partial charge in [-0.3, -0.25) is 9.59 Å². The van der Waals surface area contributed by atoms with Crippen molar-refractivity contribution in [2.75, 3.05) is 12.4 Å². The van der Waals surface area contributed by atoms with Gasteiger partial charge in [-0.25, -0.2) is 8.42 Å². The Hall–Kier alpha value is -1.21. The molecular weight excluding hydrogens is 360 g/mol. The Morgan fingerprint density at radius 3 is 2.33 bits per heavy atom. The van der Waals surface area contributed by atoms with E-state index in [1.54, 1.807) is 25.1 Å². The zero-order valence-electron chi connectivity index (χ0n) is 12.1. The molecule has 1 aromatic rings. The number of benzene rings is 1. The molecule has 0 radical (unpaired) electrons. The van der Waals surface area contributed by atoms with Crippen LogP contribution in [0.4, 0.5) is 0 Å². The number of carbonyl (C=O) groups is 2. The summed E-state index contributed by atoms with van der Waals surface area (Å²) in [4.78, 5) is 24.0. The number of ether oxygens (including phenoxy) is 1. The van der Waals surface area contributed by atoms with Gasteiger partial charge in [-0.05, 0) is 48.8 Å². The number of sulfone groups is 1. The van der Waals surface area contributed by atoms with E-state index in [-0.39, 0.29) is 11.5 Å². The summed E-state index contributed by atoms with van der Waals surface area (Å²) in [6.45, 7) is 4.48.